The minimum absolute atomic E-state index is 0.172. The first-order chi connectivity index (χ1) is 8.50. The highest BCUT2D eigenvalue weighted by atomic mass is 32.2. The number of hydrazine groups is 1. The van der Waals surface area contributed by atoms with E-state index in [4.69, 9.17) is 0 Å². The van der Waals surface area contributed by atoms with Crippen LogP contribution in [0.3, 0.4) is 0 Å². The summed E-state index contributed by atoms with van der Waals surface area (Å²) in [6.07, 6.45) is 0. The normalized spacial score (nSPS) is 11.4. The van der Waals surface area contributed by atoms with Gasteiger partial charge < -0.3 is 5.43 Å². The van der Waals surface area contributed by atoms with Crippen molar-refractivity contribution in [2.24, 2.45) is 0 Å². The van der Waals surface area contributed by atoms with Gasteiger partial charge in [-0.15, -0.1) is 4.83 Å². The molecule has 0 bridgehead atoms. The van der Waals surface area contributed by atoms with Crippen LogP contribution in [0.4, 0.5) is 5.69 Å². The van der Waals surface area contributed by atoms with Crippen LogP contribution in [0.2, 0.25) is 0 Å². The summed E-state index contributed by atoms with van der Waals surface area (Å²) in [4.78, 5) is 2.49. The van der Waals surface area contributed by atoms with E-state index in [-0.39, 0.29) is 4.90 Å². The average Bonchev–Trinajstić information content (AvgIpc) is 2.69. The molecule has 0 aliphatic heterocycles. The van der Waals surface area contributed by atoms with Gasteiger partial charge in [-0.1, -0.05) is 18.2 Å². The van der Waals surface area contributed by atoms with Crippen LogP contribution in [0.5, 0.6) is 0 Å². The zero-order chi connectivity index (χ0) is 13.2. The largest absolute Gasteiger partial charge is 0.308 e. The number of benzene rings is 1. The fourth-order valence-corrected chi connectivity index (χ4v) is 2.87. The Bertz CT molecular complexity index is 615. The molecule has 0 amide bonds. The molecular formula is C11H14N4O2S. The van der Waals surface area contributed by atoms with E-state index >= 15 is 0 Å². The van der Waals surface area contributed by atoms with E-state index in [1.165, 1.54) is 0 Å². The molecular weight excluding hydrogens is 252 g/mol. The summed E-state index contributed by atoms with van der Waals surface area (Å²) in [5.41, 5.74) is 4.26. The van der Waals surface area contributed by atoms with Crippen molar-refractivity contribution < 1.29 is 8.42 Å². The first-order valence-electron chi connectivity index (χ1n) is 5.35. The number of sulfonamides is 1. The minimum Gasteiger partial charge on any atom is -0.308 e. The van der Waals surface area contributed by atoms with E-state index < -0.39 is 10.0 Å². The van der Waals surface area contributed by atoms with Crippen LogP contribution in [0.15, 0.2) is 35.2 Å². The Hall–Kier alpha value is -1.86. The number of nitrogens with one attached hydrogen (secondary N) is 3. The van der Waals surface area contributed by atoms with Crippen LogP contribution >= 0.6 is 0 Å². The van der Waals surface area contributed by atoms with E-state index in [1.54, 1.807) is 26.0 Å². The number of hydrogen-bond acceptors (Lipinski definition) is 4. The summed E-state index contributed by atoms with van der Waals surface area (Å²) >= 11 is 0. The van der Waals surface area contributed by atoms with Crippen LogP contribution in [0, 0.1) is 13.8 Å². The highest BCUT2D eigenvalue weighted by Crippen LogP contribution is 2.16. The molecule has 0 atom stereocenters. The SMILES string of the molecule is Cc1n[nH]c(C)c1S(=O)(=O)NNc1ccccc1. The van der Waals surface area contributed by atoms with Gasteiger partial charge in [-0.05, 0) is 26.0 Å². The third-order valence-electron chi connectivity index (χ3n) is 2.43. The van der Waals surface area contributed by atoms with Crippen molar-refractivity contribution in [3.63, 3.8) is 0 Å². The van der Waals surface area contributed by atoms with Crippen molar-refractivity contribution in [1.29, 1.82) is 0 Å². The predicted octanol–water partition coefficient (Wildman–Crippen LogP) is 1.33. The summed E-state index contributed by atoms with van der Waals surface area (Å²) in [6, 6.07) is 9.00. The van der Waals surface area contributed by atoms with E-state index in [0.29, 0.717) is 17.1 Å². The van der Waals surface area contributed by atoms with Crippen molar-refractivity contribution in [1.82, 2.24) is 15.0 Å². The molecule has 0 unspecified atom stereocenters. The molecule has 96 valence electrons. The fraction of sp³-hybridized carbons (Fsp3) is 0.182. The second-order valence-corrected chi connectivity index (χ2v) is 5.48. The molecule has 0 saturated carbocycles. The van der Waals surface area contributed by atoms with Gasteiger partial charge in [0.25, 0.3) is 10.0 Å². The summed E-state index contributed by atoms with van der Waals surface area (Å²) in [6.45, 7) is 3.30. The summed E-state index contributed by atoms with van der Waals surface area (Å²) in [5, 5.41) is 6.51. The lowest BCUT2D eigenvalue weighted by atomic mass is 10.3. The van der Waals surface area contributed by atoms with E-state index in [0.717, 1.165) is 0 Å². The number of para-hydroxylation sites is 1. The maximum absolute atomic E-state index is 12.1. The standard InChI is InChI=1S/C11H14N4O2S/c1-8-11(9(2)13-12-8)18(16,17)15-14-10-6-4-3-5-7-10/h3-7,14-15H,1-2H3,(H,12,13). The van der Waals surface area contributed by atoms with E-state index in [2.05, 4.69) is 20.5 Å². The number of aromatic nitrogens is 2. The van der Waals surface area contributed by atoms with Crippen LogP contribution in [0.1, 0.15) is 11.4 Å². The molecule has 0 saturated heterocycles. The fourth-order valence-electron chi connectivity index (χ4n) is 1.64. The Morgan fingerprint density at radius 2 is 1.83 bits per heavy atom. The highest BCUT2D eigenvalue weighted by Gasteiger charge is 2.21. The average molecular weight is 266 g/mol. The van der Waals surface area contributed by atoms with Gasteiger partial charge in [0.05, 0.1) is 11.4 Å². The molecule has 0 aliphatic carbocycles. The quantitative estimate of drug-likeness (QED) is 0.729. The molecule has 1 aromatic heterocycles. The number of nitrogens with zero attached hydrogens (tertiary/aromatic N) is 1. The summed E-state index contributed by atoms with van der Waals surface area (Å²) < 4.78 is 24.1. The molecule has 6 nitrogen and oxygen atoms in total. The predicted molar refractivity (Wildman–Crippen MR) is 68.4 cm³/mol. The number of hydrogen-bond donors (Lipinski definition) is 3. The molecule has 1 aromatic carbocycles. The Morgan fingerprint density at radius 3 is 2.39 bits per heavy atom. The van der Waals surface area contributed by atoms with Crippen molar-refractivity contribution in [3.05, 3.63) is 41.7 Å². The lowest BCUT2D eigenvalue weighted by molar-refractivity contribution is 0.586. The van der Waals surface area contributed by atoms with Gasteiger partial charge in [0.2, 0.25) is 0 Å². The third kappa shape index (κ3) is 2.52. The topological polar surface area (TPSA) is 86.9 Å². The van der Waals surface area contributed by atoms with Crippen molar-refractivity contribution in [2.45, 2.75) is 18.7 Å². The van der Waals surface area contributed by atoms with Gasteiger partial charge in [0.1, 0.15) is 4.90 Å². The molecule has 0 aliphatic rings. The monoisotopic (exact) mass is 266 g/mol. The van der Waals surface area contributed by atoms with Gasteiger partial charge in [-0.2, -0.15) is 5.10 Å². The second-order valence-electron chi connectivity index (χ2n) is 3.86. The molecule has 2 rings (SSSR count). The smallest absolute Gasteiger partial charge is 0.260 e. The number of H-pyrrole nitrogens is 1. The van der Waals surface area contributed by atoms with Gasteiger partial charge in [-0.25, -0.2) is 8.42 Å². The van der Waals surface area contributed by atoms with Crippen molar-refractivity contribution >= 4 is 15.7 Å². The summed E-state index contributed by atoms with van der Waals surface area (Å²) in [7, 11) is -3.63. The molecule has 18 heavy (non-hydrogen) atoms. The molecule has 0 spiro atoms. The number of aryl methyl sites for hydroxylation is 2. The maximum Gasteiger partial charge on any atom is 0.260 e. The zero-order valence-corrected chi connectivity index (χ0v) is 10.9. The zero-order valence-electron chi connectivity index (χ0n) is 10.1. The molecule has 1 heterocycles. The van der Waals surface area contributed by atoms with Gasteiger partial charge in [-0.3, -0.25) is 5.10 Å². The molecule has 3 N–H and O–H groups in total. The van der Waals surface area contributed by atoms with Gasteiger partial charge in [0.15, 0.2) is 0 Å². The number of rotatable bonds is 4. The Labute approximate surface area is 105 Å². The Kier molecular flexibility index (Phi) is 3.35. The maximum atomic E-state index is 12.1. The first-order valence-corrected chi connectivity index (χ1v) is 6.83. The number of anilines is 1. The Balaban J connectivity index is 2.19. The molecule has 0 radical (unpaired) electrons. The molecule has 0 fully saturated rings. The van der Waals surface area contributed by atoms with Gasteiger partial charge >= 0.3 is 0 Å². The second kappa shape index (κ2) is 4.79. The summed E-state index contributed by atoms with van der Waals surface area (Å²) in [5.74, 6) is 0. The van der Waals surface area contributed by atoms with E-state index in [9.17, 15) is 8.42 Å². The van der Waals surface area contributed by atoms with Crippen LogP contribution < -0.4 is 10.3 Å². The third-order valence-corrected chi connectivity index (χ3v) is 3.94. The minimum atomic E-state index is -3.63. The van der Waals surface area contributed by atoms with Gasteiger partial charge in [0, 0.05) is 5.69 Å². The Morgan fingerprint density at radius 1 is 1.17 bits per heavy atom. The van der Waals surface area contributed by atoms with Crippen LogP contribution in [-0.4, -0.2) is 18.6 Å². The highest BCUT2D eigenvalue weighted by molar-refractivity contribution is 7.89. The first kappa shape index (κ1) is 12.6. The lowest BCUT2D eigenvalue weighted by Gasteiger charge is -2.09. The lowest BCUT2D eigenvalue weighted by Crippen LogP contribution is -2.30. The van der Waals surface area contributed by atoms with Crippen molar-refractivity contribution in [2.75, 3.05) is 5.43 Å². The van der Waals surface area contributed by atoms with Crippen LogP contribution in [-0.2, 0) is 10.0 Å². The van der Waals surface area contributed by atoms with Crippen LogP contribution in [0.25, 0.3) is 0 Å². The molecule has 2 aromatic rings. The molecule has 7 heteroatoms. The van der Waals surface area contributed by atoms with Crippen molar-refractivity contribution in [3.8, 4) is 0 Å². The van der Waals surface area contributed by atoms with E-state index in [1.807, 2.05) is 18.2 Å². The number of aromatic amines is 1.